The van der Waals surface area contributed by atoms with Crippen LogP contribution < -0.4 is 5.32 Å². The summed E-state index contributed by atoms with van der Waals surface area (Å²) in [6, 6.07) is -0.766. The maximum Gasteiger partial charge on any atom is 0.233 e. The summed E-state index contributed by atoms with van der Waals surface area (Å²) < 4.78 is 0. The van der Waals surface area contributed by atoms with Crippen LogP contribution in [0.15, 0.2) is 0 Å². The summed E-state index contributed by atoms with van der Waals surface area (Å²) in [7, 11) is 0. The van der Waals surface area contributed by atoms with E-state index in [4.69, 9.17) is 0 Å². The number of nitro groups is 1. The van der Waals surface area contributed by atoms with Crippen molar-refractivity contribution in [2.45, 2.75) is 44.2 Å². The van der Waals surface area contributed by atoms with Gasteiger partial charge in [-0.1, -0.05) is 0 Å². The third-order valence-electron chi connectivity index (χ3n) is 3.34. The van der Waals surface area contributed by atoms with Gasteiger partial charge in [-0.05, 0) is 25.2 Å². The van der Waals surface area contributed by atoms with Crippen LogP contribution >= 0.6 is 0 Å². The van der Waals surface area contributed by atoms with Gasteiger partial charge >= 0.3 is 0 Å². The van der Waals surface area contributed by atoms with E-state index < -0.39 is 6.04 Å². The topological polar surface area (TPSA) is 72.2 Å². The minimum Gasteiger partial charge on any atom is -0.346 e. The molecule has 0 radical (unpaired) electrons. The van der Waals surface area contributed by atoms with Crippen molar-refractivity contribution in [3.05, 3.63) is 10.1 Å². The molecule has 0 bridgehead atoms. The molecule has 2 aliphatic rings. The van der Waals surface area contributed by atoms with Crippen LogP contribution in [0, 0.1) is 16.0 Å². The van der Waals surface area contributed by atoms with Gasteiger partial charge in [0.1, 0.15) is 0 Å². The van der Waals surface area contributed by atoms with E-state index in [2.05, 4.69) is 5.32 Å². The van der Waals surface area contributed by atoms with E-state index in [0.717, 1.165) is 19.3 Å². The van der Waals surface area contributed by atoms with Crippen molar-refractivity contribution in [1.82, 2.24) is 5.32 Å². The first-order chi connectivity index (χ1) is 6.68. The number of carbonyl (C=O) groups is 1. The highest BCUT2D eigenvalue weighted by Crippen LogP contribution is 2.32. The number of amides is 1. The third-order valence-corrected chi connectivity index (χ3v) is 3.34. The highest BCUT2D eigenvalue weighted by Gasteiger charge is 2.43. The number of hydrogen-bond donors (Lipinski definition) is 1. The highest BCUT2D eigenvalue weighted by atomic mass is 16.6. The van der Waals surface area contributed by atoms with Crippen molar-refractivity contribution in [2.75, 3.05) is 0 Å². The number of carbonyl (C=O) groups excluding carboxylic acids is 1. The van der Waals surface area contributed by atoms with Crippen molar-refractivity contribution in [3.63, 3.8) is 0 Å². The molecule has 0 aromatic rings. The molecule has 2 fully saturated rings. The van der Waals surface area contributed by atoms with Crippen LogP contribution in [0.1, 0.15) is 32.1 Å². The molecule has 1 aliphatic heterocycles. The molecule has 1 aliphatic carbocycles. The van der Waals surface area contributed by atoms with Crippen LogP contribution in [0.2, 0.25) is 0 Å². The summed E-state index contributed by atoms with van der Waals surface area (Å²) >= 11 is 0. The third kappa shape index (κ3) is 1.58. The Labute approximate surface area is 82.0 Å². The summed E-state index contributed by atoms with van der Waals surface area (Å²) in [4.78, 5) is 21.7. The van der Waals surface area contributed by atoms with Crippen molar-refractivity contribution in [3.8, 4) is 0 Å². The van der Waals surface area contributed by atoms with E-state index in [0.29, 0.717) is 18.8 Å². The second-order valence-electron chi connectivity index (χ2n) is 4.18. The van der Waals surface area contributed by atoms with Gasteiger partial charge in [-0.2, -0.15) is 0 Å². The zero-order valence-electron chi connectivity index (χ0n) is 7.94. The highest BCUT2D eigenvalue weighted by molar-refractivity contribution is 5.77. The second-order valence-corrected chi connectivity index (χ2v) is 4.18. The zero-order valence-corrected chi connectivity index (χ0v) is 7.94. The lowest BCUT2D eigenvalue weighted by Gasteiger charge is -2.37. The molecule has 1 saturated carbocycles. The fourth-order valence-corrected chi connectivity index (χ4v) is 2.61. The van der Waals surface area contributed by atoms with Gasteiger partial charge in [0.05, 0.1) is 6.04 Å². The van der Waals surface area contributed by atoms with Gasteiger partial charge in [0.2, 0.25) is 11.9 Å². The smallest absolute Gasteiger partial charge is 0.233 e. The Balaban J connectivity index is 2.12. The van der Waals surface area contributed by atoms with Crippen LogP contribution in [-0.2, 0) is 4.79 Å². The molecule has 1 heterocycles. The largest absolute Gasteiger partial charge is 0.346 e. The van der Waals surface area contributed by atoms with Gasteiger partial charge in [0, 0.05) is 17.8 Å². The Morgan fingerprint density at radius 2 is 2.14 bits per heavy atom. The first-order valence-electron chi connectivity index (χ1n) is 5.11. The van der Waals surface area contributed by atoms with Gasteiger partial charge in [0.25, 0.3) is 0 Å². The van der Waals surface area contributed by atoms with E-state index in [1.165, 1.54) is 0 Å². The Kier molecular flexibility index (Phi) is 2.39. The molecular formula is C9H14N2O3. The molecule has 14 heavy (non-hydrogen) atoms. The summed E-state index contributed by atoms with van der Waals surface area (Å²) in [5, 5.41) is 13.5. The lowest BCUT2D eigenvalue weighted by atomic mass is 9.77. The fraction of sp³-hybridized carbons (Fsp3) is 0.889. The van der Waals surface area contributed by atoms with E-state index in [1.54, 1.807) is 0 Å². The summed E-state index contributed by atoms with van der Waals surface area (Å²) in [5.74, 6) is 0.303. The van der Waals surface area contributed by atoms with Gasteiger partial charge in [-0.3, -0.25) is 14.9 Å². The minimum absolute atomic E-state index is 0.0278. The second kappa shape index (κ2) is 3.55. The molecule has 5 heteroatoms. The molecule has 0 aromatic heterocycles. The van der Waals surface area contributed by atoms with Crippen molar-refractivity contribution >= 4 is 5.91 Å². The standard InChI is InChI=1S/C9H14N2O3/c12-8-5-4-6-2-1-3-7(11(13)14)9(6)10-8/h6-7,9H,1-5H2,(H,10,12). The predicted octanol–water partition coefficient (Wildman–Crippen LogP) is 0.710. The Morgan fingerprint density at radius 3 is 2.86 bits per heavy atom. The lowest BCUT2D eigenvalue weighted by molar-refractivity contribution is -0.531. The molecule has 1 N–H and O–H groups in total. The fourth-order valence-electron chi connectivity index (χ4n) is 2.61. The average molecular weight is 198 g/mol. The number of rotatable bonds is 1. The SMILES string of the molecule is O=C1CCC2CCCC([N+](=O)[O-])C2N1. The first-order valence-corrected chi connectivity index (χ1v) is 5.11. The molecule has 1 amide bonds. The van der Waals surface area contributed by atoms with Crippen LogP contribution in [0.5, 0.6) is 0 Å². The van der Waals surface area contributed by atoms with Gasteiger partial charge in [-0.25, -0.2) is 0 Å². The molecule has 0 aromatic carbocycles. The minimum atomic E-state index is -0.557. The van der Waals surface area contributed by atoms with Crippen molar-refractivity contribution < 1.29 is 9.72 Å². The molecule has 5 nitrogen and oxygen atoms in total. The van der Waals surface area contributed by atoms with Gasteiger partial charge in [0.15, 0.2) is 0 Å². The predicted molar refractivity (Wildman–Crippen MR) is 49.3 cm³/mol. The number of nitrogens with one attached hydrogen (secondary N) is 1. The van der Waals surface area contributed by atoms with E-state index in [1.807, 2.05) is 0 Å². The van der Waals surface area contributed by atoms with Crippen LogP contribution in [0.4, 0.5) is 0 Å². The number of nitrogens with zero attached hydrogens (tertiary/aromatic N) is 1. The molecule has 3 atom stereocenters. The molecular weight excluding hydrogens is 184 g/mol. The van der Waals surface area contributed by atoms with Crippen molar-refractivity contribution in [1.29, 1.82) is 0 Å². The van der Waals surface area contributed by atoms with Crippen LogP contribution in [0.3, 0.4) is 0 Å². The summed E-state index contributed by atoms with van der Waals surface area (Å²) in [6.07, 6.45) is 3.90. The summed E-state index contributed by atoms with van der Waals surface area (Å²) in [6.45, 7) is 0. The number of fused-ring (bicyclic) bond motifs is 1. The van der Waals surface area contributed by atoms with Crippen molar-refractivity contribution in [2.24, 2.45) is 5.92 Å². The van der Waals surface area contributed by atoms with E-state index >= 15 is 0 Å². The monoisotopic (exact) mass is 198 g/mol. The van der Waals surface area contributed by atoms with Crippen LogP contribution in [0.25, 0.3) is 0 Å². The Bertz CT molecular complexity index is 267. The Morgan fingerprint density at radius 1 is 1.36 bits per heavy atom. The maximum absolute atomic E-state index is 11.2. The molecule has 0 spiro atoms. The number of hydrogen-bond acceptors (Lipinski definition) is 3. The zero-order chi connectivity index (χ0) is 10.1. The Hall–Kier alpha value is -1.13. The maximum atomic E-state index is 11.2. The van der Waals surface area contributed by atoms with Gasteiger partial charge < -0.3 is 5.32 Å². The summed E-state index contributed by atoms with van der Waals surface area (Å²) in [5.41, 5.74) is 0. The van der Waals surface area contributed by atoms with Crippen LogP contribution in [-0.4, -0.2) is 22.9 Å². The first kappa shape index (κ1) is 9.43. The number of piperidine rings is 1. The quantitative estimate of drug-likeness (QED) is 0.498. The molecule has 78 valence electrons. The molecule has 3 unspecified atom stereocenters. The van der Waals surface area contributed by atoms with Gasteiger partial charge in [-0.15, -0.1) is 0 Å². The molecule has 2 rings (SSSR count). The average Bonchev–Trinajstić information content (AvgIpc) is 2.16. The van der Waals surface area contributed by atoms with E-state index in [-0.39, 0.29) is 16.9 Å². The normalized spacial score (nSPS) is 37.1. The molecule has 1 saturated heterocycles. The lowest BCUT2D eigenvalue weighted by Crippen LogP contribution is -2.55. The van der Waals surface area contributed by atoms with E-state index in [9.17, 15) is 14.9 Å².